The summed E-state index contributed by atoms with van der Waals surface area (Å²) in [7, 11) is 3.86. The number of nitrogens with one attached hydrogen (secondary N) is 1. The fourth-order valence-corrected chi connectivity index (χ4v) is 2.84. The number of hydrogen-bond acceptors (Lipinski definition) is 4. The summed E-state index contributed by atoms with van der Waals surface area (Å²) in [5.41, 5.74) is 3.77. The third-order valence-corrected chi connectivity index (χ3v) is 4.52. The van der Waals surface area contributed by atoms with Crippen LogP contribution in [0.3, 0.4) is 0 Å². The Hall–Kier alpha value is -2.08. The van der Waals surface area contributed by atoms with E-state index < -0.39 is 11.8 Å². The van der Waals surface area contributed by atoms with Crippen molar-refractivity contribution in [3.05, 3.63) is 29.3 Å². The SMILES string of the molecule is Cc1cccc(N2CCN(C(=O)C(=O)NCCN(C)C)CC2)c1C. The van der Waals surface area contributed by atoms with Crippen LogP contribution in [0.15, 0.2) is 18.2 Å². The van der Waals surface area contributed by atoms with Crippen molar-refractivity contribution in [1.82, 2.24) is 15.1 Å². The minimum Gasteiger partial charge on any atom is -0.368 e. The van der Waals surface area contributed by atoms with Gasteiger partial charge in [-0.25, -0.2) is 0 Å². The number of carbonyl (C=O) groups excluding carboxylic acids is 2. The molecule has 1 aliphatic heterocycles. The summed E-state index contributed by atoms with van der Waals surface area (Å²) in [5, 5.41) is 2.69. The van der Waals surface area contributed by atoms with Gasteiger partial charge in [0.05, 0.1) is 0 Å². The van der Waals surface area contributed by atoms with E-state index in [1.54, 1.807) is 4.90 Å². The van der Waals surface area contributed by atoms with E-state index in [4.69, 9.17) is 0 Å². The molecule has 24 heavy (non-hydrogen) atoms. The molecule has 1 heterocycles. The number of carbonyl (C=O) groups is 2. The normalized spacial score (nSPS) is 14.9. The molecule has 1 N–H and O–H groups in total. The van der Waals surface area contributed by atoms with E-state index in [0.717, 1.165) is 19.6 Å². The van der Waals surface area contributed by atoms with Gasteiger partial charge in [-0.2, -0.15) is 0 Å². The van der Waals surface area contributed by atoms with Crippen LogP contribution in [-0.2, 0) is 9.59 Å². The third kappa shape index (κ3) is 4.47. The lowest BCUT2D eigenvalue weighted by molar-refractivity contribution is -0.146. The molecule has 132 valence electrons. The van der Waals surface area contributed by atoms with Gasteiger partial charge in [0, 0.05) is 45.0 Å². The summed E-state index contributed by atoms with van der Waals surface area (Å²) in [6, 6.07) is 6.29. The van der Waals surface area contributed by atoms with Crippen LogP contribution in [0, 0.1) is 13.8 Å². The average molecular weight is 332 g/mol. The van der Waals surface area contributed by atoms with Gasteiger partial charge in [-0.1, -0.05) is 12.1 Å². The van der Waals surface area contributed by atoms with Gasteiger partial charge in [-0.3, -0.25) is 9.59 Å². The summed E-state index contributed by atoms with van der Waals surface area (Å²) in [5.74, 6) is -0.925. The zero-order valence-electron chi connectivity index (χ0n) is 15.1. The lowest BCUT2D eigenvalue weighted by Crippen LogP contribution is -2.53. The number of rotatable bonds is 4. The second kappa shape index (κ2) is 8.15. The molecule has 0 aliphatic carbocycles. The van der Waals surface area contributed by atoms with Crippen LogP contribution in [0.2, 0.25) is 0 Å². The molecule has 0 radical (unpaired) electrons. The highest BCUT2D eigenvalue weighted by Crippen LogP contribution is 2.23. The molecule has 6 nitrogen and oxygen atoms in total. The predicted molar refractivity (Wildman–Crippen MR) is 96.3 cm³/mol. The number of nitrogens with zero attached hydrogens (tertiary/aromatic N) is 3. The Balaban J connectivity index is 1.87. The number of benzene rings is 1. The summed E-state index contributed by atoms with van der Waals surface area (Å²) in [6.45, 7) is 8.10. The van der Waals surface area contributed by atoms with Crippen molar-refractivity contribution in [3.8, 4) is 0 Å². The first-order valence-electron chi connectivity index (χ1n) is 8.43. The fourth-order valence-electron chi connectivity index (χ4n) is 2.84. The number of amides is 2. The van der Waals surface area contributed by atoms with Crippen molar-refractivity contribution in [2.45, 2.75) is 13.8 Å². The maximum Gasteiger partial charge on any atom is 0.312 e. The number of anilines is 1. The van der Waals surface area contributed by atoms with Gasteiger partial charge >= 0.3 is 11.8 Å². The van der Waals surface area contributed by atoms with E-state index in [1.807, 2.05) is 19.0 Å². The first-order valence-corrected chi connectivity index (χ1v) is 8.43. The molecule has 0 saturated carbocycles. The standard InChI is InChI=1S/C18H28N4O2/c1-14-6-5-7-16(15(14)2)21-10-12-22(13-11-21)18(24)17(23)19-8-9-20(3)4/h5-7H,8-13H2,1-4H3,(H,19,23). The predicted octanol–water partition coefficient (Wildman–Crippen LogP) is 0.630. The fraction of sp³-hybridized carbons (Fsp3) is 0.556. The molecule has 1 aromatic rings. The minimum atomic E-state index is -0.503. The van der Waals surface area contributed by atoms with Crippen molar-refractivity contribution in [2.75, 3.05) is 58.3 Å². The van der Waals surface area contributed by atoms with Gasteiger partial charge in [0.1, 0.15) is 0 Å². The van der Waals surface area contributed by atoms with Crippen molar-refractivity contribution < 1.29 is 9.59 Å². The Morgan fingerprint density at radius 3 is 2.42 bits per heavy atom. The van der Waals surface area contributed by atoms with Crippen molar-refractivity contribution in [3.63, 3.8) is 0 Å². The molecule has 1 aliphatic rings. The smallest absolute Gasteiger partial charge is 0.312 e. The number of likely N-dealkylation sites (N-methyl/N-ethyl adjacent to an activating group) is 1. The molecule has 0 atom stereocenters. The second-order valence-electron chi connectivity index (χ2n) is 6.56. The quantitative estimate of drug-likeness (QED) is 0.822. The molecular formula is C18H28N4O2. The van der Waals surface area contributed by atoms with Gasteiger partial charge in [-0.05, 0) is 45.1 Å². The lowest BCUT2D eigenvalue weighted by Gasteiger charge is -2.36. The van der Waals surface area contributed by atoms with Crippen LogP contribution >= 0.6 is 0 Å². The van der Waals surface area contributed by atoms with Crippen LogP contribution in [0.25, 0.3) is 0 Å². The van der Waals surface area contributed by atoms with E-state index in [9.17, 15) is 9.59 Å². The average Bonchev–Trinajstić information content (AvgIpc) is 2.56. The maximum atomic E-state index is 12.2. The van der Waals surface area contributed by atoms with Gasteiger partial charge < -0.3 is 20.0 Å². The highest BCUT2D eigenvalue weighted by Gasteiger charge is 2.26. The first kappa shape index (κ1) is 18.3. The Kier molecular flexibility index (Phi) is 6.20. The highest BCUT2D eigenvalue weighted by atomic mass is 16.2. The first-order chi connectivity index (χ1) is 11.4. The van der Waals surface area contributed by atoms with Crippen LogP contribution in [0.5, 0.6) is 0 Å². The van der Waals surface area contributed by atoms with Crippen molar-refractivity contribution in [2.24, 2.45) is 0 Å². The summed E-state index contributed by atoms with van der Waals surface area (Å²) >= 11 is 0. The van der Waals surface area contributed by atoms with Gasteiger partial charge in [0.2, 0.25) is 0 Å². The Morgan fingerprint density at radius 1 is 1.12 bits per heavy atom. The Morgan fingerprint density at radius 2 is 1.79 bits per heavy atom. The number of aryl methyl sites for hydroxylation is 1. The third-order valence-electron chi connectivity index (χ3n) is 4.52. The Bertz CT molecular complexity index is 593. The highest BCUT2D eigenvalue weighted by molar-refractivity contribution is 6.35. The monoisotopic (exact) mass is 332 g/mol. The molecule has 1 saturated heterocycles. The minimum absolute atomic E-state index is 0.422. The molecule has 1 aromatic carbocycles. The van der Waals surface area contributed by atoms with E-state index >= 15 is 0 Å². The van der Waals surface area contributed by atoms with Crippen LogP contribution < -0.4 is 10.2 Å². The van der Waals surface area contributed by atoms with Gasteiger partial charge in [0.15, 0.2) is 0 Å². The van der Waals surface area contributed by atoms with E-state index in [1.165, 1.54) is 16.8 Å². The summed E-state index contributed by atoms with van der Waals surface area (Å²) in [4.78, 5) is 30.1. The second-order valence-corrected chi connectivity index (χ2v) is 6.56. The molecule has 6 heteroatoms. The zero-order chi connectivity index (χ0) is 17.7. The zero-order valence-corrected chi connectivity index (χ0v) is 15.1. The van der Waals surface area contributed by atoms with Crippen LogP contribution in [-0.4, -0.2) is 75.0 Å². The molecular weight excluding hydrogens is 304 g/mol. The molecule has 0 aromatic heterocycles. The van der Waals surface area contributed by atoms with Crippen LogP contribution in [0.1, 0.15) is 11.1 Å². The maximum absolute atomic E-state index is 12.2. The van der Waals surface area contributed by atoms with Gasteiger partial charge in [0.25, 0.3) is 0 Å². The molecule has 0 bridgehead atoms. The number of piperazine rings is 1. The summed E-state index contributed by atoms with van der Waals surface area (Å²) < 4.78 is 0. The molecule has 0 spiro atoms. The Labute approximate surface area is 144 Å². The molecule has 0 unspecified atom stereocenters. The van der Waals surface area contributed by atoms with Crippen molar-refractivity contribution >= 4 is 17.5 Å². The van der Waals surface area contributed by atoms with Gasteiger partial charge in [-0.15, -0.1) is 0 Å². The van der Waals surface area contributed by atoms with E-state index in [0.29, 0.717) is 19.6 Å². The van der Waals surface area contributed by atoms with E-state index in [-0.39, 0.29) is 0 Å². The largest absolute Gasteiger partial charge is 0.368 e. The molecule has 2 amide bonds. The topological polar surface area (TPSA) is 55.9 Å². The lowest BCUT2D eigenvalue weighted by atomic mass is 10.1. The molecule has 1 fully saturated rings. The number of hydrogen-bond donors (Lipinski definition) is 1. The summed E-state index contributed by atoms with van der Waals surface area (Å²) in [6.07, 6.45) is 0. The molecule has 2 rings (SSSR count). The van der Waals surface area contributed by atoms with Crippen molar-refractivity contribution in [1.29, 1.82) is 0 Å². The van der Waals surface area contributed by atoms with E-state index in [2.05, 4.69) is 42.3 Å². The van der Waals surface area contributed by atoms with Crippen LogP contribution in [0.4, 0.5) is 5.69 Å².